The average molecular weight is 281 g/mol. The van der Waals surface area contributed by atoms with Crippen LogP contribution in [0.5, 0.6) is 0 Å². The summed E-state index contributed by atoms with van der Waals surface area (Å²) in [6.07, 6.45) is 2.35. The number of aliphatic hydroxyl groups is 1. The van der Waals surface area contributed by atoms with Gasteiger partial charge in [0.1, 0.15) is 5.60 Å². The fourth-order valence-electron chi connectivity index (χ4n) is 2.41. The Morgan fingerprint density at radius 3 is 1.90 bits per heavy atom. The number of hydrogen-bond acceptors (Lipinski definition) is 3. The van der Waals surface area contributed by atoms with E-state index in [1.165, 1.54) is 11.5 Å². The van der Waals surface area contributed by atoms with E-state index in [0.717, 1.165) is 16.7 Å². The summed E-state index contributed by atoms with van der Waals surface area (Å²) in [6, 6.07) is 19.6. The van der Waals surface area contributed by atoms with Crippen LogP contribution in [0.15, 0.2) is 72.2 Å². The lowest BCUT2D eigenvalue weighted by Gasteiger charge is -2.29. The maximum atomic E-state index is 11.3. The predicted octanol–water partition coefficient (Wildman–Crippen LogP) is 3.62. The Morgan fingerprint density at radius 1 is 0.900 bits per heavy atom. The second-order valence-corrected chi connectivity index (χ2v) is 5.46. The first-order chi connectivity index (χ1) is 9.79. The quantitative estimate of drug-likeness (QED) is 0.792. The Morgan fingerprint density at radius 2 is 1.45 bits per heavy atom. The number of benzene rings is 2. The number of rotatable bonds is 4. The highest BCUT2D eigenvalue weighted by Crippen LogP contribution is 2.33. The van der Waals surface area contributed by atoms with Gasteiger partial charge in [-0.2, -0.15) is 0 Å². The van der Waals surface area contributed by atoms with E-state index >= 15 is 0 Å². The van der Waals surface area contributed by atoms with Gasteiger partial charge in [-0.25, -0.2) is 4.37 Å². The molecule has 3 heteroatoms. The predicted molar refractivity (Wildman–Crippen MR) is 81.7 cm³/mol. The van der Waals surface area contributed by atoms with E-state index in [0.29, 0.717) is 6.42 Å². The van der Waals surface area contributed by atoms with Crippen LogP contribution in [0.4, 0.5) is 0 Å². The summed E-state index contributed by atoms with van der Waals surface area (Å²) < 4.78 is 4.12. The summed E-state index contributed by atoms with van der Waals surface area (Å²) >= 11 is 1.41. The Hall–Kier alpha value is -1.97. The topological polar surface area (TPSA) is 33.1 Å². The molecule has 1 heterocycles. The van der Waals surface area contributed by atoms with Crippen molar-refractivity contribution in [3.63, 3.8) is 0 Å². The molecule has 0 spiro atoms. The van der Waals surface area contributed by atoms with Crippen LogP contribution in [-0.2, 0) is 12.0 Å². The van der Waals surface area contributed by atoms with E-state index in [2.05, 4.69) is 4.37 Å². The Bertz CT molecular complexity index is 610. The molecular formula is C17H15NOS. The van der Waals surface area contributed by atoms with Gasteiger partial charge in [0.2, 0.25) is 0 Å². The highest BCUT2D eigenvalue weighted by atomic mass is 32.1. The first-order valence-electron chi connectivity index (χ1n) is 6.51. The van der Waals surface area contributed by atoms with Gasteiger partial charge in [0.15, 0.2) is 0 Å². The molecule has 0 saturated heterocycles. The van der Waals surface area contributed by atoms with Crippen LogP contribution in [0.3, 0.4) is 0 Å². The number of hydrogen-bond donors (Lipinski definition) is 1. The van der Waals surface area contributed by atoms with Crippen LogP contribution < -0.4 is 0 Å². The fraction of sp³-hybridized carbons (Fsp3) is 0.118. The zero-order valence-corrected chi connectivity index (χ0v) is 11.8. The zero-order chi connectivity index (χ0) is 13.8. The van der Waals surface area contributed by atoms with Gasteiger partial charge in [-0.05, 0) is 28.2 Å². The molecule has 0 fully saturated rings. The minimum atomic E-state index is -1.02. The van der Waals surface area contributed by atoms with Crippen LogP contribution >= 0.6 is 11.5 Å². The summed E-state index contributed by atoms with van der Waals surface area (Å²) in [5.41, 5.74) is 1.82. The standard InChI is InChI=1S/C17H15NOS/c19-17(11-14-12-18-20-13-14,15-7-3-1-4-8-15)16-9-5-2-6-10-16/h1-10,12-13,19H,11H2. The monoisotopic (exact) mass is 281 g/mol. The minimum absolute atomic E-state index is 0.525. The van der Waals surface area contributed by atoms with Crippen LogP contribution in [-0.4, -0.2) is 9.48 Å². The van der Waals surface area contributed by atoms with Crippen molar-refractivity contribution in [2.45, 2.75) is 12.0 Å². The molecular weight excluding hydrogens is 266 g/mol. The second kappa shape index (κ2) is 5.57. The van der Waals surface area contributed by atoms with E-state index < -0.39 is 5.60 Å². The van der Waals surface area contributed by atoms with Crippen molar-refractivity contribution in [1.82, 2.24) is 4.37 Å². The molecule has 1 N–H and O–H groups in total. The summed E-state index contributed by atoms with van der Waals surface area (Å²) in [4.78, 5) is 0. The third kappa shape index (κ3) is 2.50. The average Bonchev–Trinajstić information content (AvgIpc) is 3.02. The molecule has 0 unspecified atom stereocenters. The van der Waals surface area contributed by atoms with Crippen LogP contribution in [0.1, 0.15) is 16.7 Å². The van der Waals surface area contributed by atoms with Crippen molar-refractivity contribution in [2.24, 2.45) is 0 Å². The normalized spacial score (nSPS) is 11.4. The minimum Gasteiger partial charge on any atom is -0.380 e. The van der Waals surface area contributed by atoms with Crippen molar-refractivity contribution in [3.05, 3.63) is 88.9 Å². The molecule has 0 radical (unpaired) electrons. The molecule has 0 bridgehead atoms. The lowest BCUT2D eigenvalue weighted by Crippen LogP contribution is -2.29. The van der Waals surface area contributed by atoms with Crippen molar-refractivity contribution in [3.8, 4) is 0 Å². The van der Waals surface area contributed by atoms with Crippen LogP contribution in [0.2, 0.25) is 0 Å². The molecule has 20 heavy (non-hydrogen) atoms. The van der Waals surface area contributed by atoms with Crippen molar-refractivity contribution >= 4 is 11.5 Å². The SMILES string of the molecule is OC(Cc1cnsc1)(c1ccccc1)c1ccccc1. The van der Waals surface area contributed by atoms with Crippen molar-refractivity contribution < 1.29 is 5.11 Å². The smallest absolute Gasteiger partial charge is 0.119 e. The number of nitrogens with zero attached hydrogens (tertiary/aromatic N) is 1. The van der Waals surface area contributed by atoms with Gasteiger partial charge in [0, 0.05) is 18.0 Å². The Kier molecular flexibility index (Phi) is 3.63. The molecule has 0 amide bonds. The lowest BCUT2D eigenvalue weighted by atomic mass is 9.82. The van der Waals surface area contributed by atoms with Gasteiger partial charge in [0.25, 0.3) is 0 Å². The molecule has 3 aromatic rings. The fourth-order valence-corrected chi connectivity index (χ4v) is 2.94. The van der Waals surface area contributed by atoms with E-state index in [9.17, 15) is 5.11 Å². The van der Waals surface area contributed by atoms with Gasteiger partial charge in [-0.3, -0.25) is 0 Å². The van der Waals surface area contributed by atoms with E-state index in [1.54, 1.807) is 0 Å². The zero-order valence-electron chi connectivity index (χ0n) is 10.9. The third-order valence-electron chi connectivity index (χ3n) is 3.45. The van der Waals surface area contributed by atoms with Crippen molar-refractivity contribution in [1.29, 1.82) is 0 Å². The Labute approximate surface area is 122 Å². The van der Waals surface area contributed by atoms with E-state index in [1.807, 2.05) is 72.2 Å². The molecule has 0 aliphatic rings. The molecule has 0 atom stereocenters. The first-order valence-corrected chi connectivity index (χ1v) is 7.34. The molecule has 2 nitrogen and oxygen atoms in total. The van der Waals surface area contributed by atoms with Crippen LogP contribution in [0, 0.1) is 0 Å². The second-order valence-electron chi connectivity index (χ2n) is 4.80. The molecule has 0 aliphatic heterocycles. The van der Waals surface area contributed by atoms with Gasteiger partial charge in [-0.1, -0.05) is 60.7 Å². The van der Waals surface area contributed by atoms with E-state index in [4.69, 9.17) is 0 Å². The third-order valence-corrected chi connectivity index (χ3v) is 4.08. The maximum absolute atomic E-state index is 11.3. The summed E-state index contributed by atoms with van der Waals surface area (Å²) in [5.74, 6) is 0. The van der Waals surface area contributed by atoms with E-state index in [-0.39, 0.29) is 0 Å². The highest BCUT2D eigenvalue weighted by molar-refractivity contribution is 7.03. The van der Waals surface area contributed by atoms with Gasteiger partial charge in [0.05, 0.1) is 0 Å². The number of aromatic nitrogens is 1. The summed E-state index contributed by atoms with van der Waals surface area (Å²) in [6.45, 7) is 0. The summed E-state index contributed by atoms with van der Waals surface area (Å²) in [7, 11) is 0. The molecule has 0 aliphatic carbocycles. The first kappa shape index (κ1) is 13.0. The van der Waals surface area contributed by atoms with Gasteiger partial charge < -0.3 is 5.11 Å². The van der Waals surface area contributed by atoms with Gasteiger partial charge in [-0.15, -0.1) is 0 Å². The van der Waals surface area contributed by atoms with Gasteiger partial charge >= 0.3 is 0 Å². The Balaban J connectivity index is 2.08. The molecule has 1 aromatic heterocycles. The molecule has 2 aromatic carbocycles. The molecule has 3 rings (SSSR count). The van der Waals surface area contributed by atoms with Crippen LogP contribution in [0.25, 0.3) is 0 Å². The lowest BCUT2D eigenvalue weighted by molar-refractivity contribution is 0.0812. The molecule has 0 saturated carbocycles. The van der Waals surface area contributed by atoms with Crippen molar-refractivity contribution in [2.75, 3.05) is 0 Å². The maximum Gasteiger partial charge on any atom is 0.119 e. The summed E-state index contributed by atoms with van der Waals surface area (Å²) in [5, 5.41) is 13.3. The largest absolute Gasteiger partial charge is 0.380 e. The molecule has 100 valence electrons. The highest BCUT2D eigenvalue weighted by Gasteiger charge is 2.31.